The molecule has 40 heavy (non-hydrogen) atoms. The van der Waals surface area contributed by atoms with Crippen molar-refractivity contribution in [1.82, 2.24) is 0 Å². The maximum atomic E-state index is 9.35. The Kier molecular flexibility index (Phi) is 7.59. The molecule has 0 aliphatic heterocycles. The highest BCUT2D eigenvalue weighted by molar-refractivity contribution is 5.86. The Morgan fingerprint density at radius 1 is 0.675 bits per heavy atom. The lowest BCUT2D eigenvalue weighted by atomic mass is 9.71. The maximum Gasteiger partial charge on any atom is 0.130 e. The summed E-state index contributed by atoms with van der Waals surface area (Å²) >= 11 is 0. The summed E-state index contributed by atoms with van der Waals surface area (Å²) in [7, 11) is 0. The highest BCUT2D eigenvalue weighted by Gasteiger charge is 2.42. The lowest BCUT2D eigenvalue weighted by Crippen LogP contribution is -2.25. The standard InChI is InChI=1S/C37H35N3/c1-5-19-37(20-6-2)35-22-28(21-29(24-38)25-39)11-17-33(35)34-18-16-32(23-36(34)37)40(30-12-7-26(3)8-13-30)31-14-9-27(4)10-15-31/h7-18,21-23H,5-6,19-20H2,1-4H3. The fraction of sp³-hybridized carbons (Fsp3) is 0.243. The first kappa shape index (κ1) is 27.0. The van der Waals surface area contributed by atoms with E-state index in [1.54, 1.807) is 6.08 Å². The molecule has 0 saturated heterocycles. The Morgan fingerprint density at radius 3 is 1.65 bits per heavy atom. The zero-order valence-electron chi connectivity index (χ0n) is 23.8. The summed E-state index contributed by atoms with van der Waals surface area (Å²) in [6.45, 7) is 8.76. The number of hydrogen-bond acceptors (Lipinski definition) is 3. The molecule has 0 bridgehead atoms. The molecular formula is C37H35N3. The zero-order chi connectivity index (χ0) is 28.3. The highest BCUT2D eigenvalue weighted by Crippen LogP contribution is 2.55. The SMILES string of the molecule is CCCC1(CCC)c2cc(C=C(C#N)C#N)ccc2-c2ccc(N(c3ccc(C)cc3)c3ccc(C)cc3)cc21. The van der Waals surface area contributed by atoms with E-state index in [1.165, 1.54) is 33.4 Å². The van der Waals surface area contributed by atoms with E-state index in [2.05, 4.69) is 111 Å². The Hall–Kier alpha value is -4.60. The third-order valence-corrected chi connectivity index (χ3v) is 8.12. The van der Waals surface area contributed by atoms with E-state index in [0.717, 1.165) is 48.3 Å². The molecule has 4 aromatic carbocycles. The Bertz CT molecular complexity index is 1580. The second-order valence-corrected chi connectivity index (χ2v) is 10.9. The molecule has 0 fully saturated rings. The number of fused-ring (bicyclic) bond motifs is 3. The molecule has 5 rings (SSSR count). The minimum absolute atomic E-state index is 0.125. The molecule has 1 aliphatic carbocycles. The zero-order valence-corrected chi connectivity index (χ0v) is 23.8. The Balaban J connectivity index is 1.72. The van der Waals surface area contributed by atoms with Gasteiger partial charge in [0.25, 0.3) is 0 Å². The van der Waals surface area contributed by atoms with Crippen LogP contribution in [0.5, 0.6) is 0 Å². The van der Waals surface area contributed by atoms with Crippen LogP contribution in [0.1, 0.15) is 67.3 Å². The quantitative estimate of drug-likeness (QED) is 0.217. The smallest absolute Gasteiger partial charge is 0.130 e. The first-order valence-electron chi connectivity index (χ1n) is 14.2. The van der Waals surface area contributed by atoms with Gasteiger partial charge in [-0.2, -0.15) is 10.5 Å². The van der Waals surface area contributed by atoms with Gasteiger partial charge in [-0.15, -0.1) is 0 Å². The van der Waals surface area contributed by atoms with Crippen LogP contribution >= 0.6 is 0 Å². The van der Waals surface area contributed by atoms with Gasteiger partial charge in [0.1, 0.15) is 17.7 Å². The van der Waals surface area contributed by atoms with Crippen molar-refractivity contribution in [3.05, 3.63) is 118 Å². The molecule has 0 unspecified atom stereocenters. The number of nitriles is 2. The van der Waals surface area contributed by atoms with Crippen molar-refractivity contribution in [2.24, 2.45) is 0 Å². The van der Waals surface area contributed by atoms with Gasteiger partial charge in [0.2, 0.25) is 0 Å². The van der Waals surface area contributed by atoms with Gasteiger partial charge in [0, 0.05) is 22.5 Å². The maximum absolute atomic E-state index is 9.35. The van der Waals surface area contributed by atoms with Crippen LogP contribution in [0, 0.1) is 36.5 Å². The minimum Gasteiger partial charge on any atom is -0.310 e. The second-order valence-electron chi connectivity index (χ2n) is 10.9. The van der Waals surface area contributed by atoms with E-state index in [0.29, 0.717) is 0 Å². The normalized spacial score (nSPS) is 12.6. The summed E-state index contributed by atoms with van der Waals surface area (Å²) in [5.41, 5.74) is 12.0. The van der Waals surface area contributed by atoms with Gasteiger partial charge in [-0.25, -0.2) is 0 Å². The van der Waals surface area contributed by atoms with Crippen LogP contribution in [-0.4, -0.2) is 0 Å². The Morgan fingerprint density at radius 2 is 1.15 bits per heavy atom. The molecule has 0 spiro atoms. The van der Waals surface area contributed by atoms with Crippen LogP contribution in [0.15, 0.2) is 90.5 Å². The number of rotatable bonds is 8. The summed E-state index contributed by atoms with van der Waals surface area (Å²) < 4.78 is 0. The second kappa shape index (κ2) is 11.3. The fourth-order valence-electron chi connectivity index (χ4n) is 6.34. The summed E-state index contributed by atoms with van der Waals surface area (Å²) in [6.07, 6.45) is 5.90. The number of anilines is 3. The summed E-state index contributed by atoms with van der Waals surface area (Å²) in [5, 5.41) is 18.7. The van der Waals surface area contributed by atoms with Crippen LogP contribution < -0.4 is 4.90 Å². The molecular weight excluding hydrogens is 486 g/mol. The number of benzene rings is 4. The molecule has 3 heteroatoms. The average Bonchev–Trinajstić information content (AvgIpc) is 3.22. The lowest BCUT2D eigenvalue weighted by Gasteiger charge is -2.33. The van der Waals surface area contributed by atoms with E-state index in [1.807, 2.05) is 18.2 Å². The first-order valence-corrected chi connectivity index (χ1v) is 14.2. The third kappa shape index (κ3) is 4.81. The molecule has 3 nitrogen and oxygen atoms in total. The topological polar surface area (TPSA) is 50.8 Å². The van der Waals surface area contributed by atoms with Crippen LogP contribution in [0.25, 0.3) is 17.2 Å². The van der Waals surface area contributed by atoms with Crippen molar-refractivity contribution in [1.29, 1.82) is 10.5 Å². The first-order chi connectivity index (χ1) is 19.4. The molecule has 0 atom stereocenters. The van der Waals surface area contributed by atoms with Gasteiger partial charge in [0.05, 0.1) is 0 Å². The van der Waals surface area contributed by atoms with Crippen molar-refractivity contribution in [2.75, 3.05) is 4.90 Å². The minimum atomic E-state index is -0.125. The van der Waals surface area contributed by atoms with Crippen LogP contribution in [0.3, 0.4) is 0 Å². The molecule has 1 aliphatic rings. The van der Waals surface area contributed by atoms with E-state index in [-0.39, 0.29) is 11.0 Å². The van der Waals surface area contributed by atoms with Gasteiger partial charge in [-0.3, -0.25) is 0 Å². The van der Waals surface area contributed by atoms with E-state index < -0.39 is 0 Å². The van der Waals surface area contributed by atoms with Crippen molar-refractivity contribution < 1.29 is 0 Å². The molecule has 0 heterocycles. The van der Waals surface area contributed by atoms with E-state index >= 15 is 0 Å². The summed E-state index contributed by atoms with van der Waals surface area (Å²) in [5.74, 6) is 0. The number of allylic oxidation sites excluding steroid dienone is 1. The predicted molar refractivity (Wildman–Crippen MR) is 166 cm³/mol. The molecule has 0 N–H and O–H groups in total. The molecule has 0 amide bonds. The van der Waals surface area contributed by atoms with Crippen molar-refractivity contribution >= 4 is 23.1 Å². The van der Waals surface area contributed by atoms with Crippen LogP contribution in [-0.2, 0) is 5.41 Å². The largest absolute Gasteiger partial charge is 0.310 e. The molecule has 198 valence electrons. The van der Waals surface area contributed by atoms with Gasteiger partial charge in [-0.05, 0) is 97.0 Å². The van der Waals surface area contributed by atoms with Gasteiger partial charge in [0.15, 0.2) is 0 Å². The van der Waals surface area contributed by atoms with Crippen molar-refractivity contribution in [3.63, 3.8) is 0 Å². The van der Waals surface area contributed by atoms with Gasteiger partial charge in [-0.1, -0.05) is 86.3 Å². The van der Waals surface area contributed by atoms with E-state index in [4.69, 9.17) is 0 Å². The fourth-order valence-corrected chi connectivity index (χ4v) is 6.34. The van der Waals surface area contributed by atoms with Gasteiger partial charge >= 0.3 is 0 Å². The van der Waals surface area contributed by atoms with Crippen molar-refractivity contribution in [3.8, 4) is 23.3 Å². The van der Waals surface area contributed by atoms with Crippen LogP contribution in [0.4, 0.5) is 17.1 Å². The summed E-state index contributed by atoms with van der Waals surface area (Å²) in [4.78, 5) is 2.35. The Labute approximate surface area is 238 Å². The highest BCUT2D eigenvalue weighted by atomic mass is 15.1. The van der Waals surface area contributed by atoms with E-state index in [9.17, 15) is 10.5 Å². The monoisotopic (exact) mass is 521 g/mol. The average molecular weight is 522 g/mol. The molecule has 0 aromatic heterocycles. The number of hydrogen-bond donors (Lipinski definition) is 0. The lowest BCUT2D eigenvalue weighted by molar-refractivity contribution is 0.436. The number of aryl methyl sites for hydroxylation is 2. The predicted octanol–water partition coefficient (Wildman–Crippen LogP) is 10.1. The van der Waals surface area contributed by atoms with Gasteiger partial charge < -0.3 is 4.90 Å². The summed E-state index contributed by atoms with van der Waals surface area (Å²) in [6, 6.07) is 34.9. The molecule has 0 radical (unpaired) electrons. The van der Waals surface area contributed by atoms with Crippen LogP contribution in [0.2, 0.25) is 0 Å². The number of nitrogens with zero attached hydrogens (tertiary/aromatic N) is 3. The third-order valence-electron chi connectivity index (χ3n) is 8.12. The molecule has 4 aromatic rings. The van der Waals surface area contributed by atoms with Crippen molar-refractivity contribution in [2.45, 2.75) is 58.8 Å². The molecule has 0 saturated carbocycles.